The van der Waals surface area contributed by atoms with Crippen molar-refractivity contribution >= 4 is 6.03 Å². The molecule has 0 bridgehead atoms. The van der Waals surface area contributed by atoms with Crippen LogP contribution in [0.5, 0.6) is 0 Å². The second-order valence-electron chi connectivity index (χ2n) is 4.78. The number of benzene rings is 2. The minimum absolute atomic E-state index is 0.172. The van der Waals surface area contributed by atoms with Crippen molar-refractivity contribution in [3.8, 4) is 6.07 Å². The van der Waals surface area contributed by atoms with Crippen LogP contribution in [-0.2, 0) is 6.54 Å². The Balaban J connectivity index is 1.87. The summed E-state index contributed by atoms with van der Waals surface area (Å²) in [5.74, 6) is 0. The molecule has 1 atom stereocenters. The van der Waals surface area contributed by atoms with Gasteiger partial charge in [-0.3, -0.25) is 0 Å². The molecule has 0 aliphatic heterocycles. The molecule has 0 aliphatic carbocycles. The monoisotopic (exact) mass is 295 g/mol. The van der Waals surface area contributed by atoms with Crippen LogP contribution in [0.4, 0.5) is 4.79 Å². The predicted molar refractivity (Wildman–Crippen MR) is 82.8 cm³/mol. The molecule has 0 saturated heterocycles. The summed E-state index contributed by atoms with van der Waals surface area (Å²) in [4.78, 5) is 11.9. The molecule has 3 N–H and O–H groups in total. The molecule has 0 unspecified atom stereocenters. The molecule has 0 heterocycles. The highest BCUT2D eigenvalue weighted by Crippen LogP contribution is 2.11. The van der Waals surface area contributed by atoms with Crippen LogP contribution in [0.15, 0.2) is 54.6 Å². The Labute approximate surface area is 129 Å². The number of aliphatic hydroxyl groups is 1. The topological polar surface area (TPSA) is 85.2 Å². The third-order valence-electron chi connectivity index (χ3n) is 3.23. The van der Waals surface area contributed by atoms with Crippen molar-refractivity contribution in [2.75, 3.05) is 6.61 Å². The van der Waals surface area contributed by atoms with Crippen molar-refractivity contribution in [1.82, 2.24) is 10.6 Å². The van der Waals surface area contributed by atoms with E-state index in [-0.39, 0.29) is 12.6 Å². The molecule has 0 aromatic heterocycles. The fourth-order valence-electron chi connectivity index (χ4n) is 2.01. The number of carbonyl (C=O) groups is 1. The number of aliphatic hydroxyl groups excluding tert-OH is 1. The van der Waals surface area contributed by atoms with Crippen LogP contribution >= 0.6 is 0 Å². The standard InChI is InChI=1S/C17H17N3O2/c18-10-13-6-8-14(9-7-13)11-19-17(22)20-16(12-21)15-4-2-1-3-5-15/h1-9,16,21H,11-12H2,(H2,19,20,22)/t16-/m0/s1. The van der Waals surface area contributed by atoms with Gasteiger partial charge in [0.25, 0.3) is 0 Å². The van der Waals surface area contributed by atoms with Gasteiger partial charge in [0.1, 0.15) is 0 Å². The molecule has 2 aromatic carbocycles. The number of rotatable bonds is 5. The maximum atomic E-state index is 11.9. The minimum Gasteiger partial charge on any atom is -0.394 e. The molecular weight excluding hydrogens is 278 g/mol. The number of hydrogen-bond acceptors (Lipinski definition) is 3. The van der Waals surface area contributed by atoms with Gasteiger partial charge in [0.2, 0.25) is 0 Å². The van der Waals surface area contributed by atoms with Crippen LogP contribution < -0.4 is 10.6 Å². The average Bonchev–Trinajstić information content (AvgIpc) is 2.59. The van der Waals surface area contributed by atoms with E-state index >= 15 is 0 Å². The van der Waals surface area contributed by atoms with Crippen LogP contribution in [0.2, 0.25) is 0 Å². The van der Waals surface area contributed by atoms with E-state index in [0.29, 0.717) is 12.1 Å². The number of hydrogen-bond donors (Lipinski definition) is 3. The first kappa shape index (κ1) is 15.5. The normalized spacial score (nSPS) is 11.3. The van der Waals surface area contributed by atoms with E-state index < -0.39 is 6.04 Å². The van der Waals surface area contributed by atoms with Crippen molar-refractivity contribution in [3.63, 3.8) is 0 Å². The molecule has 0 radical (unpaired) electrons. The van der Waals surface area contributed by atoms with Gasteiger partial charge in [-0.25, -0.2) is 4.79 Å². The van der Waals surface area contributed by atoms with Gasteiger partial charge in [0.15, 0.2) is 0 Å². The van der Waals surface area contributed by atoms with Gasteiger partial charge in [-0.1, -0.05) is 42.5 Å². The highest BCUT2D eigenvalue weighted by atomic mass is 16.3. The van der Waals surface area contributed by atoms with E-state index in [1.807, 2.05) is 36.4 Å². The van der Waals surface area contributed by atoms with Crippen LogP contribution in [0.1, 0.15) is 22.7 Å². The molecule has 0 fully saturated rings. The van der Waals surface area contributed by atoms with Crippen molar-refractivity contribution in [2.24, 2.45) is 0 Å². The number of carbonyl (C=O) groups excluding carboxylic acids is 1. The highest BCUT2D eigenvalue weighted by molar-refractivity contribution is 5.74. The Hall–Kier alpha value is -2.84. The Morgan fingerprint density at radius 3 is 2.41 bits per heavy atom. The molecule has 2 aromatic rings. The van der Waals surface area contributed by atoms with E-state index in [1.54, 1.807) is 24.3 Å². The molecule has 5 nitrogen and oxygen atoms in total. The number of urea groups is 1. The smallest absolute Gasteiger partial charge is 0.315 e. The van der Waals surface area contributed by atoms with E-state index in [2.05, 4.69) is 10.6 Å². The number of nitrogens with zero attached hydrogens (tertiary/aromatic N) is 1. The van der Waals surface area contributed by atoms with Gasteiger partial charge in [0.05, 0.1) is 24.3 Å². The zero-order chi connectivity index (χ0) is 15.8. The zero-order valence-electron chi connectivity index (χ0n) is 12.0. The fourth-order valence-corrected chi connectivity index (χ4v) is 2.01. The lowest BCUT2D eigenvalue weighted by Crippen LogP contribution is -2.38. The molecular formula is C17H17N3O2. The summed E-state index contributed by atoms with van der Waals surface area (Å²) >= 11 is 0. The first-order valence-electron chi connectivity index (χ1n) is 6.92. The van der Waals surface area contributed by atoms with Gasteiger partial charge < -0.3 is 15.7 Å². The van der Waals surface area contributed by atoms with E-state index in [4.69, 9.17) is 5.26 Å². The predicted octanol–water partition coefficient (Wildman–Crippen LogP) is 2.09. The Bertz CT molecular complexity index is 648. The maximum absolute atomic E-state index is 11.9. The van der Waals surface area contributed by atoms with Crippen LogP contribution in [0.3, 0.4) is 0 Å². The van der Waals surface area contributed by atoms with E-state index in [9.17, 15) is 9.90 Å². The van der Waals surface area contributed by atoms with Gasteiger partial charge >= 0.3 is 6.03 Å². The molecule has 22 heavy (non-hydrogen) atoms. The van der Waals surface area contributed by atoms with Crippen molar-refractivity contribution in [3.05, 3.63) is 71.3 Å². The second-order valence-corrected chi connectivity index (χ2v) is 4.78. The van der Waals surface area contributed by atoms with E-state index in [1.165, 1.54) is 0 Å². The lowest BCUT2D eigenvalue weighted by atomic mass is 10.1. The summed E-state index contributed by atoms with van der Waals surface area (Å²) in [7, 11) is 0. The van der Waals surface area contributed by atoms with E-state index in [0.717, 1.165) is 11.1 Å². The SMILES string of the molecule is N#Cc1ccc(CNC(=O)N[C@@H](CO)c2ccccc2)cc1. The van der Waals surface area contributed by atoms with Gasteiger partial charge in [-0.05, 0) is 23.3 Å². The summed E-state index contributed by atoms with van der Waals surface area (Å²) in [6.45, 7) is 0.179. The quantitative estimate of drug-likeness (QED) is 0.789. The second kappa shape index (κ2) is 7.81. The number of nitriles is 1. The summed E-state index contributed by atoms with van der Waals surface area (Å²) < 4.78 is 0. The molecule has 0 saturated carbocycles. The number of nitrogens with one attached hydrogen (secondary N) is 2. The van der Waals surface area contributed by atoms with Crippen molar-refractivity contribution in [2.45, 2.75) is 12.6 Å². The first-order valence-corrected chi connectivity index (χ1v) is 6.92. The lowest BCUT2D eigenvalue weighted by molar-refractivity contribution is 0.216. The lowest BCUT2D eigenvalue weighted by Gasteiger charge is -2.17. The largest absolute Gasteiger partial charge is 0.394 e. The fraction of sp³-hybridized carbons (Fsp3) is 0.176. The summed E-state index contributed by atoms with van der Waals surface area (Å²) in [6.07, 6.45) is 0. The summed E-state index contributed by atoms with van der Waals surface area (Å²) in [6, 6.07) is 17.5. The van der Waals surface area contributed by atoms with Crippen molar-refractivity contribution in [1.29, 1.82) is 5.26 Å². The molecule has 2 amide bonds. The molecule has 0 spiro atoms. The number of amides is 2. The average molecular weight is 295 g/mol. The Morgan fingerprint density at radius 2 is 1.82 bits per heavy atom. The molecule has 5 heteroatoms. The van der Waals surface area contributed by atoms with Gasteiger partial charge in [-0.2, -0.15) is 5.26 Å². The summed E-state index contributed by atoms with van der Waals surface area (Å²) in [5, 5.41) is 23.6. The van der Waals surface area contributed by atoms with Gasteiger partial charge in [0, 0.05) is 6.54 Å². The molecule has 2 rings (SSSR count). The van der Waals surface area contributed by atoms with Crippen LogP contribution in [0, 0.1) is 11.3 Å². The van der Waals surface area contributed by atoms with Crippen molar-refractivity contribution < 1.29 is 9.90 Å². The Kier molecular flexibility index (Phi) is 5.52. The molecule has 112 valence electrons. The van der Waals surface area contributed by atoms with Crippen LogP contribution in [0.25, 0.3) is 0 Å². The maximum Gasteiger partial charge on any atom is 0.315 e. The first-order chi connectivity index (χ1) is 10.7. The highest BCUT2D eigenvalue weighted by Gasteiger charge is 2.12. The van der Waals surface area contributed by atoms with Gasteiger partial charge in [-0.15, -0.1) is 0 Å². The third-order valence-corrected chi connectivity index (χ3v) is 3.23. The molecule has 0 aliphatic rings. The third kappa shape index (κ3) is 4.33. The zero-order valence-corrected chi connectivity index (χ0v) is 12.0. The van der Waals surface area contributed by atoms with Crippen LogP contribution in [-0.4, -0.2) is 17.7 Å². The summed E-state index contributed by atoms with van der Waals surface area (Å²) in [5.41, 5.74) is 2.32. The minimum atomic E-state index is -0.442. The Morgan fingerprint density at radius 1 is 1.14 bits per heavy atom.